The van der Waals surface area contributed by atoms with E-state index in [9.17, 15) is 14.4 Å². The Labute approximate surface area is 285 Å². The molecule has 0 aliphatic heterocycles. The summed E-state index contributed by atoms with van der Waals surface area (Å²) in [6.45, 7) is 4.44. The molecule has 8 heteroatoms. The molecule has 5 aromatic rings. The monoisotopic (exact) mass is 655 g/mol. The van der Waals surface area contributed by atoms with Crippen molar-refractivity contribution in [3.63, 3.8) is 0 Å². The highest BCUT2D eigenvalue weighted by atomic mass is 32.2. The molecular weight excluding hydrogens is 619 g/mol. The fourth-order valence-corrected chi connectivity index (χ4v) is 6.01. The molecule has 1 atom stereocenters. The maximum Gasteiger partial charge on any atom is 0.272 e. The van der Waals surface area contributed by atoms with E-state index in [0.717, 1.165) is 16.3 Å². The van der Waals surface area contributed by atoms with Crippen LogP contribution in [0, 0.1) is 0 Å². The van der Waals surface area contributed by atoms with Crippen molar-refractivity contribution in [3.05, 3.63) is 156 Å². The number of carbonyl (C=O) groups is 3. The van der Waals surface area contributed by atoms with Crippen molar-refractivity contribution >= 4 is 52.6 Å². The molecular formula is C40H37N3O4S. The normalized spacial score (nSPS) is 11.7. The van der Waals surface area contributed by atoms with Gasteiger partial charge in [-0.2, -0.15) is 0 Å². The minimum absolute atomic E-state index is 0.0430. The molecule has 48 heavy (non-hydrogen) atoms. The molecule has 0 spiro atoms. The first-order chi connectivity index (χ1) is 23.4. The summed E-state index contributed by atoms with van der Waals surface area (Å²) >= 11 is 1.44. The zero-order valence-corrected chi connectivity index (χ0v) is 27.7. The molecule has 0 heterocycles. The molecule has 5 aromatic carbocycles. The number of benzene rings is 5. The fourth-order valence-electron chi connectivity index (χ4n) is 4.96. The Morgan fingerprint density at radius 1 is 0.750 bits per heavy atom. The second-order valence-electron chi connectivity index (χ2n) is 10.7. The van der Waals surface area contributed by atoms with Gasteiger partial charge in [-0.1, -0.05) is 79.7 Å². The number of anilines is 3. The second-order valence-corrected chi connectivity index (χ2v) is 12.0. The zero-order valence-electron chi connectivity index (χ0n) is 26.8. The lowest BCUT2D eigenvalue weighted by molar-refractivity contribution is -0.117. The maximum atomic E-state index is 14.1. The van der Waals surface area contributed by atoms with Gasteiger partial charge >= 0.3 is 0 Å². The molecule has 0 radical (unpaired) electrons. The summed E-state index contributed by atoms with van der Waals surface area (Å²) in [6.07, 6.45) is 2.22. The summed E-state index contributed by atoms with van der Waals surface area (Å²) in [5.74, 6) is -0.225. The van der Waals surface area contributed by atoms with Crippen LogP contribution in [0.5, 0.6) is 5.75 Å². The average molecular weight is 656 g/mol. The molecule has 7 nitrogen and oxygen atoms in total. The van der Waals surface area contributed by atoms with E-state index >= 15 is 0 Å². The first kappa shape index (κ1) is 33.8. The molecule has 242 valence electrons. The lowest BCUT2D eigenvalue weighted by Crippen LogP contribution is -2.34. The topological polar surface area (TPSA) is 87.7 Å². The van der Waals surface area contributed by atoms with Crippen LogP contribution in [-0.4, -0.2) is 29.6 Å². The quantitative estimate of drug-likeness (QED) is 0.0979. The molecule has 0 saturated heterocycles. The second kappa shape index (κ2) is 16.8. The van der Waals surface area contributed by atoms with E-state index < -0.39 is 17.1 Å². The minimum Gasteiger partial charge on any atom is -0.494 e. The van der Waals surface area contributed by atoms with Crippen LogP contribution < -0.4 is 20.3 Å². The van der Waals surface area contributed by atoms with Crippen molar-refractivity contribution in [1.82, 2.24) is 5.32 Å². The van der Waals surface area contributed by atoms with E-state index in [1.54, 1.807) is 41.3 Å². The predicted octanol–water partition coefficient (Wildman–Crippen LogP) is 8.73. The molecule has 0 aliphatic carbocycles. The summed E-state index contributed by atoms with van der Waals surface area (Å²) in [6, 6.07) is 42.6. The Morgan fingerprint density at radius 3 is 1.94 bits per heavy atom. The Bertz CT molecular complexity index is 1810. The number of nitrogens with one attached hydrogen (secondary N) is 2. The number of carbonyl (C=O) groups excluding carboxylic acids is 3. The van der Waals surface area contributed by atoms with Crippen LogP contribution in [0.1, 0.15) is 36.2 Å². The highest BCUT2D eigenvalue weighted by Gasteiger charge is 2.27. The predicted molar refractivity (Wildman–Crippen MR) is 195 cm³/mol. The van der Waals surface area contributed by atoms with Crippen LogP contribution in [0.2, 0.25) is 0 Å². The van der Waals surface area contributed by atoms with Gasteiger partial charge in [0.2, 0.25) is 5.91 Å². The molecule has 0 bridgehead atoms. The number of thioether (sulfide) groups is 1. The van der Waals surface area contributed by atoms with E-state index in [4.69, 9.17) is 4.74 Å². The lowest BCUT2D eigenvalue weighted by Gasteiger charge is -2.27. The van der Waals surface area contributed by atoms with Gasteiger partial charge in [0, 0.05) is 27.5 Å². The van der Waals surface area contributed by atoms with E-state index in [1.807, 2.05) is 123 Å². The van der Waals surface area contributed by atoms with Gasteiger partial charge in [-0.25, -0.2) is 0 Å². The smallest absolute Gasteiger partial charge is 0.272 e. The number of para-hydroxylation sites is 2. The van der Waals surface area contributed by atoms with Crippen LogP contribution >= 0.6 is 11.8 Å². The SMILES string of the molecule is CCOc1ccc(/C=C(/NC(=O)c2ccccc2)C(=O)Nc2cccc(SC(CC)C(=O)N(c3ccccc3)c3ccccc3)c2)cc1. The summed E-state index contributed by atoms with van der Waals surface area (Å²) in [5, 5.41) is 5.32. The fraction of sp³-hybridized carbons (Fsp3) is 0.125. The summed E-state index contributed by atoms with van der Waals surface area (Å²) < 4.78 is 5.54. The van der Waals surface area contributed by atoms with Gasteiger partial charge in [-0.3, -0.25) is 19.3 Å². The standard InChI is InChI=1S/C40H37N3O4S/c1-3-37(40(46)43(32-18-10-6-11-19-32)33-20-12-7-13-21-33)48-35-22-14-17-31(28-35)41-39(45)36(42-38(44)30-15-8-5-9-16-30)27-29-23-25-34(26-24-29)47-4-2/h5-28,37H,3-4H2,1-2H3,(H,41,45)(H,42,44)/b36-27+. The molecule has 0 aliphatic rings. The van der Waals surface area contributed by atoms with Crippen LogP contribution in [0.25, 0.3) is 6.08 Å². The molecule has 0 fully saturated rings. The Balaban J connectivity index is 1.36. The summed E-state index contributed by atoms with van der Waals surface area (Å²) in [4.78, 5) is 43.4. The minimum atomic E-state index is -0.488. The van der Waals surface area contributed by atoms with Gasteiger partial charge < -0.3 is 15.4 Å². The molecule has 0 aromatic heterocycles. The number of amides is 3. The number of nitrogens with zero attached hydrogens (tertiary/aromatic N) is 1. The Morgan fingerprint density at radius 2 is 1.35 bits per heavy atom. The van der Waals surface area contributed by atoms with Crippen molar-refractivity contribution in [3.8, 4) is 5.75 Å². The van der Waals surface area contributed by atoms with Crippen LogP contribution in [0.4, 0.5) is 17.1 Å². The van der Waals surface area contributed by atoms with E-state index in [-0.39, 0.29) is 11.6 Å². The lowest BCUT2D eigenvalue weighted by atomic mass is 10.1. The van der Waals surface area contributed by atoms with Crippen molar-refractivity contribution in [1.29, 1.82) is 0 Å². The van der Waals surface area contributed by atoms with E-state index in [0.29, 0.717) is 35.6 Å². The largest absolute Gasteiger partial charge is 0.494 e. The average Bonchev–Trinajstić information content (AvgIpc) is 3.12. The van der Waals surface area contributed by atoms with Gasteiger partial charge in [-0.05, 0) is 91.7 Å². The first-order valence-electron chi connectivity index (χ1n) is 15.8. The summed E-state index contributed by atoms with van der Waals surface area (Å²) in [5.41, 5.74) is 3.33. The molecule has 0 saturated carbocycles. The third kappa shape index (κ3) is 9.02. The Kier molecular flexibility index (Phi) is 11.8. The van der Waals surface area contributed by atoms with Crippen LogP contribution in [-0.2, 0) is 9.59 Å². The molecule has 2 N–H and O–H groups in total. The zero-order chi connectivity index (χ0) is 33.7. The number of hydrogen-bond acceptors (Lipinski definition) is 5. The summed E-state index contributed by atoms with van der Waals surface area (Å²) in [7, 11) is 0. The van der Waals surface area contributed by atoms with E-state index in [1.165, 1.54) is 11.8 Å². The van der Waals surface area contributed by atoms with Crippen molar-refractivity contribution in [2.45, 2.75) is 30.4 Å². The highest BCUT2D eigenvalue weighted by molar-refractivity contribution is 8.00. The highest BCUT2D eigenvalue weighted by Crippen LogP contribution is 2.33. The van der Waals surface area contributed by atoms with Crippen molar-refractivity contribution < 1.29 is 19.1 Å². The molecule has 3 amide bonds. The van der Waals surface area contributed by atoms with Crippen molar-refractivity contribution in [2.24, 2.45) is 0 Å². The number of rotatable bonds is 13. The van der Waals surface area contributed by atoms with Crippen LogP contribution in [0.15, 0.2) is 150 Å². The van der Waals surface area contributed by atoms with Gasteiger partial charge in [0.25, 0.3) is 11.8 Å². The van der Waals surface area contributed by atoms with E-state index in [2.05, 4.69) is 10.6 Å². The van der Waals surface area contributed by atoms with Gasteiger partial charge in [0.1, 0.15) is 11.4 Å². The van der Waals surface area contributed by atoms with Crippen molar-refractivity contribution in [2.75, 3.05) is 16.8 Å². The number of ether oxygens (including phenoxy) is 1. The Hall–Kier alpha value is -5.60. The van der Waals surface area contributed by atoms with Gasteiger partial charge in [0.15, 0.2) is 0 Å². The van der Waals surface area contributed by atoms with Crippen LogP contribution in [0.3, 0.4) is 0 Å². The van der Waals surface area contributed by atoms with Gasteiger partial charge in [0.05, 0.1) is 11.9 Å². The molecule has 1 unspecified atom stereocenters. The third-order valence-corrected chi connectivity index (χ3v) is 8.64. The molecule has 5 rings (SSSR count). The number of hydrogen-bond donors (Lipinski definition) is 2. The first-order valence-corrected chi connectivity index (χ1v) is 16.7. The maximum absolute atomic E-state index is 14.1. The van der Waals surface area contributed by atoms with Gasteiger partial charge in [-0.15, -0.1) is 11.8 Å². The third-order valence-electron chi connectivity index (χ3n) is 7.30.